The molecule has 2 rings (SSSR count). The molecule has 0 aromatic rings. The third-order valence-electron chi connectivity index (χ3n) is 4.61. The van der Waals surface area contributed by atoms with Crippen molar-refractivity contribution in [2.45, 2.75) is 75.5 Å². The lowest BCUT2D eigenvalue weighted by Crippen LogP contribution is -2.45. The Balaban J connectivity index is 2.09. The molecule has 19 heavy (non-hydrogen) atoms. The molecule has 2 N–H and O–H groups in total. The molecule has 0 atom stereocenters. The summed E-state index contributed by atoms with van der Waals surface area (Å²) in [6.45, 7) is 1.20. The Morgan fingerprint density at radius 3 is 2.11 bits per heavy atom. The lowest BCUT2D eigenvalue weighted by atomic mass is 10.0. The lowest BCUT2D eigenvalue weighted by molar-refractivity contribution is 0.310. The number of nitrogens with zero attached hydrogens (tertiary/aromatic N) is 1. The molecule has 2 fully saturated rings. The molecule has 112 valence electrons. The highest BCUT2D eigenvalue weighted by atomic mass is 32.2. The van der Waals surface area contributed by atoms with Crippen LogP contribution in [0.5, 0.6) is 0 Å². The van der Waals surface area contributed by atoms with Crippen LogP contribution in [0.25, 0.3) is 0 Å². The average molecular weight is 288 g/mol. The molecule has 4 nitrogen and oxygen atoms in total. The van der Waals surface area contributed by atoms with Gasteiger partial charge in [0.25, 0.3) is 0 Å². The zero-order chi connectivity index (χ0) is 13.7. The van der Waals surface area contributed by atoms with Crippen molar-refractivity contribution in [1.82, 2.24) is 4.31 Å². The highest BCUT2D eigenvalue weighted by Gasteiger charge is 2.37. The van der Waals surface area contributed by atoms with E-state index in [1.165, 1.54) is 19.3 Å². The largest absolute Gasteiger partial charge is 0.330 e. The van der Waals surface area contributed by atoms with E-state index >= 15 is 0 Å². The van der Waals surface area contributed by atoms with Crippen LogP contribution in [0.2, 0.25) is 0 Å². The second-order valence-corrected chi connectivity index (χ2v) is 8.16. The number of hydrogen-bond acceptors (Lipinski definition) is 3. The minimum absolute atomic E-state index is 0.125. The molecule has 0 bridgehead atoms. The zero-order valence-corrected chi connectivity index (χ0v) is 12.7. The van der Waals surface area contributed by atoms with E-state index in [0.29, 0.717) is 13.1 Å². The van der Waals surface area contributed by atoms with Gasteiger partial charge in [-0.15, -0.1) is 0 Å². The van der Waals surface area contributed by atoms with E-state index in [4.69, 9.17) is 5.73 Å². The predicted octanol–water partition coefficient (Wildman–Crippen LogP) is 2.24. The molecular weight excluding hydrogens is 260 g/mol. The standard InChI is InChI=1S/C14H28N2O2S/c15-11-6-12-16(13-7-4-5-8-13)19(17,18)14-9-2-1-3-10-14/h13-14H,1-12,15H2. The summed E-state index contributed by atoms with van der Waals surface area (Å²) in [5, 5.41) is -0.125. The molecule has 0 aromatic heterocycles. The Morgan fingerprint density at radius 1 is 0.947 bits per heavy atom. The van der Waals surface area contributed by atoms with Gasteiger partial charge < -0.3 is 5.73 Å². The maximum atomic E-state index is 12.9. The van der Waals surface area contributed by atoms with Crippen molar-refractivity contribution in [2.75, 3.05) is 13.1 Å². The average Bonchev–Trinajstić information content (AvgIpc) is 2.94. The Bertz CT molecular complexity index is 358. The summed E-state index contributed by atoms with van der Waals surface area (Å²) in [5.41, 5.74) is 5.58. The van der Waals surface area contributed by atoms with Gasteiger partial charge in [-0.05, 0) is 38.6 Å². The Hall–Kier alpha value is -0.130. The molecule has 0 heterocycles. The van der Waals surface area contributed by atoms with Gasteiger partial charge in [0.2, 0.25) is 10.0 Å². The van der Waals surface area contributed by atoms with Crippen LogP contribution in [0.1, 0.15) is 64.2 Å². The molecule has 0 unspecified atom stereocenters. The fraction of sp³-hybridized carbons (Fsp3) is 1.00. The van der Waals surface area contributed by atoms with Gasteiger partial charge in [-0.3, -0.25) is 0 Å². The first kappa shape index (κ1) is 15.3. The second kappa shape index (κ2) is 7.04. The number of nitrogens with two attached hydrogens (primary N) is 1. The van der Waals surface area contributed by atoms with Gasteiger partial charge in [0.1, 0.15) is 0 Å². The van der Waals surface area contributed by atoms with Crippen LogP contribution >= 0.6 is 0 Å². The smallest absolute Gasteiger partial charge is 0.217 e. The van der Waals surface area contributed by atoms with E-state index in [2.05, 4.69) is 0 Å². The summed E-state index contributed by atoms with van der Waals surface area (Å²) >= 11 is 0. The van der Waals surface area contributed by atoms with E-state index in [9.17, 15) is 8.42 Å². The molecule has 0 radical (unpaired) electrons. The predicted molar refractivity (Wildman–Crippen MR) is 78.4 cm³/mol. The van der Waals surface area contributed by atoms with E-state index < -0.39 is 10.0 Å². The number of rotatable bonds is 6. The Morgan fingerprint density at radius 2 is 1.53 bits per heavy atom. The molecule has 2 saturated carbocycles. The topological polar surface area (TPSA) is 63.4 Å². The van der Waals surface area contributed by atoms with Gasteiger partial charge in [0, 0.05) is 12.6 Å². The molecular formula is C14H28N2O2S. The van der Waals surface area contributed by atoms with Crippen LogP contribution in [0.4, 0.5) is 0 Å². The van der Waals surface area contributed by atoms with Gasteiger partial charge in [0.15, 0.2) is 0 Å². The van der Waals surface area contributed by atoms with Gasteiger partial charge in [0.05, 0.1) is 5.25 Å². The van der Waals surface area contributed by atoms with Crippen molar-refractivity contribution in [3.63, 3.8) is 0 Å². The van der Waals surface area contributed by atoms with Crippen molar-refractivity contribution >= 4 is 10.0 Å². The summed E-state index contributed by atoms with van der Waals surface area (Å²) in [6.07, 6.45) is 10.2. The van der Waals surface area contributed by atoms with Gasteiger partial charge in [-0.2, -0.15) is 4.31 Å². The lowest BCUT2D eigenvalue weighted by Gasteiger charge is -2.33. The van der Waals surface area contributed by atoms with Crippen molar-refractivity contribution in [1.29, 1.82) is 0 Å². The normalized spacial score (nSPS) is 23.3. The highest BCUT2D eigenvalue weighted by molar-refractivity contribution is 7.89. The summed E-state index contributed by atoms with van der Waals surface area (Å²) < 4.78 is 27.5. The first-order valence-electron chi connectivity index (χ1n) is 7.87. The van der Waals surface area contributed by atoms with Crippen LogP contribution in [0, 0.1) is 0 Å². The summed E-state index contributed by atoms with van der Waals surface area (Å²) in [6, 6.07) is 0.249. The van der Waals surface area contributed by atoms with Gasteiger partial charge in [-0.25, -0.2) is 8.42 Å². The summed E-state index contributed by atoms with van der Waals surface area (Å²) in [4.78, 5) is 0. The van der Waals surface area contributed by atoms with Crippen molar-refractivity contribution < 1.29 is 8.42 Å². The number of hydrogen-bond donors (Lipinski definition) is 1. The molecule has 2 aliphatic rings. The third-order valence-corrected chi connectivity index (χ3v) is 7.06. The first-order valence-corrected chi connectivity index (χ1v) is 9.37. The van der Waals surface area contributed by atoms with Crippen LogP contribution in [0.15, 0.2) is 0 Å². The van der Waals surface area contributed by atoms with Crippen LogP contribution in [0.3, 0.4) is 0 Å². The SMILES string of the molecule is NCCCN(C1CCCC1)S(=O)(=O)C1CCCCC1. The zero-order valence-electron chi connectivity index (χ0n) is 11.9. The van der Waals surface area contributed by atoms with Gasteiger partial charge in [-0.1, -0.05) is 32.1 Å². The van der Waals surface area contributed by atoms with E-state index in [1.54, 1.807) is 0 Å². The maximum absolute atomic E-state index is 12.9. The molecule has 0 aromatic carbocycles. The second-order valence-electron chi connectivity index (χ2n) is 6.00. The molecule has 2 aliphatic carbocycles. The van der Waals surface area contributed by atoms with Crippen LogP contribution in [-0.4, -0.2) is 37.1 Å². The molecule has 0 saturated heterocycles. The molecule has 0 spiro atoms. The van der Waals surface area contributed by atoms with E-state index in [1.807, 2.05) is 4.31 Å². The fourth-order valence-electron chi connectivity index (χ4n) is 3.51. The van der Waals surface area contributed by atoms with Crippen molar-refractivity contribution in [2.24, 2.45) is 5.73 Å². The first-order chi connectivity index (χ1) is 9.16. The summed E-state index contributed by atoms with van der Waals surface area (Å²) in [5.74, 6) is 0. The van der Waals surface area contributed by atoms with Crippen LogP contribution < -0.4 is 5.73 Å². The third kappa shape index (κ3) is 3.70. The quantitative estimate of drug-likeness (QED) is 0.815. The minimum atomic E-state index is -3.10. The van der Waals surface area contributed by atoms with E-state index in [-0.39, 0.29) is 11.3 Å². The van der Waals surface area contributed by atoms with Crippen molar-refractivity contribution in [3.05, 3.63) is 0 Å². The Labute approximate surface area is 117 Å². The molecule has 5 heteroatoms. The van der Waals surface area contributed by atoms with Crippen LogP contribution in [-0.2, 0) is 10.0 Å². The monoisotopic (exact) mass is 288 g/mol. The van der Waals surface area contributed by atoms with Gasteiger partial charge >= 0.3 is 0 Å². The maximum Gasteiger partial charge on any atom is 0.217 e. The molecule has 0 amide bonds. The minimum Gasteiger partial charge on any atom is -0.330 e. The fourth-order valence-corrected chi connectivity index (χ4v) is 5.83. The number of sulfonamides is 1. The van der Waals surface area contributed by atoms with E-state index in [0.717, 1.165) is 44.9 Å². The summed E-state index contributed by atoms with van der Waals surface area (Å²) in [7, 11) is -3.10. The highest BCUT2D eigenvalue weighted by Crippen LogP contribution is 2.31. The molecule has 0 aliphatic heterocycles. The Kier molecular flexibility index (Phi) is 5.66. The van der Waals surface area contributed by atoms with Crippen molar-refractivity contribution in [3.8, 4) is 0 Å².